The SMILES string of the molecule is CC(C)=CCn1c(C)cc(C)c(C(=O)O)c1=O. The van der Waals surface area contributed by atoms with E-state index in [4.69, 9.17) is 5.11 Å². The molecular weight excluding hydrogens is 218 g/mol. The van der Waals surface area contributed by atoms with Crippen molar-refractivity contribution < 1.29 is 9.90 Å². The highest BCUT2D eigenvalue weighted by atomic mass is 16.4. The Bertz CT molecular complexity index is 534. The second kappa shape index (κ2) is 4.99. The van der Waals surface area contributed by atoms with Crippen molar-refractivity contribution >= 4 is 5.97 Å². The lowest BCUT2D eigenvalue weighted by molar-refractivity contribution is 0.0693. The van der Waals surface area contributed by atoms with E-state index in [9.17, 15) is 9.59 Å². The van der Waals surface area contributed by atoms with Gasteiger partial charge in [0.15, 0.2) is 0 Å². The molecule has 17 heavy (non-hydrogen) atoms. The normalized spacial score (nSPS) is 10.1. The van der Waals surface area contributed by atoms with Crippen LogP contribution in [0.25, 0.3) is 0 Å². The van der Waals surface area contributed by atoms with Gasteiger partial charge in [-0.15, -0.1) is 0 Å². The van der Waals surface area contributed by atoms with Crippen LogP contribution in [0, 0.1) is 13.8 Å². The second-order valence-electron chi connectivity index (χ2n) is 4.35. The van der Waals surface area contributed by atoms with Crippen LogP contribution in [-0.2, 0) is 6.54 Å². The average Bonchev–Trinajstić information content (AvgIpc) is 2.14. The summed E-state index contributed by atoms with van der Waals surface area (Å²) in [5, 5.41) is 9.01. The van der Waals surface area contributed by atoms with Crippen LogP contribution < -0.4 is 5.56 Å². The summed E-state index contributed by atoms with van der Waals surface area (Å²) in [5.41, 5.74) is 1.79. The Labute approximate surface area is 100 Å². The highest BCUT2D eigenvalue weighted by Gasteiger charge is 2.15. The molecule has 0 spiro atoms. The number of carboxylic acid groups (broad SMARTS) is 1. The van der Waals surface area contributed by atoms with Crippen LogP contribution in [-0.4, -0.2) is 15.6 Å². The van der Waals surface area contributed by atoms with Gasteiger partial charge in [0, 0.05) is 12.2 Å². The zero-order valence-corrected chi connectivity index (χ0v) is 10.6. The number of hydrogen-bond acceptors (Lipinski definition) is 2. The van der Waals surface area contributed by atoms with Crippen molar-refractivity contribution in [2.75, 3.05) is 0 Å². The number of carboxylic acids is 1. The molecule has 1 N–H and O–H groups in total. The van der Waals surface area contributed by atoms with E-state index in [0.29, 0.717) is 12.1 Å². The standard InChI is InChI=1S/C13H17NO3/c1-8(2)5-6-14-10(4)7-9(3)11(12(14)15)13(16)17/h5,7H,6H2,1-4H3,(H,16,17). The van der Waals surface area contributed by atoms with Crippen molar-refractivity contribution in [2.24, 2.45) is 0 Å². The number of aromatic carboxylic acids is 1. The molecule has 0 saturated carbocycles. The van der Waals surface area contributed by atoms with Gasteiger partial charge in [-0.2, -0.15) is 0 Å². The first-order valence-electron chi connectivity index (χ1n) is 5.42. The molecule has 0 fully saturated rings. The maximum absolute atomic E-state index is 12.0. The zero-order valence-electron chi connectivity index (χ0n) is 10.6. The van der Waals surface area contributed by atoms with Gasteiger partial charge in [0.2, 0.25) is 0 Å². The summed E-state index contributed by atoms with van der Waals surface area (Å²) in [5.74, 6) is -1.17. The van der Waals surface area contributed by atoms with Crippen LogP contribution in [0.5, 0.6) is 0 Å². The fraction of sp³-hybridized carbons (Fsp3) is 0.385. The quantitative estimate of drug-likeness (QED) is 0.816. The van der Waals surface area contributed by atoms with E-state index in [0.717, 1.165) is 11.3 Å². The molecule has 0 atom stereocenters. The van der Waals surface area contributed by atoms with E-state index < -0.39 is 11.5 Å². The van der Waals surface area contributed by atoms with E-state index in [-0.39, 0.29) is 5.56 Å². The fourth-order valence-electron chi connectivity index (χ4n) is 1.69. The smallest absolute Gasteiger partial charge is 0.341 e. The van der Waals surface area contributed by atoms with E-state index in [1.54, 1.807) is 19.9 Å². The molecule has 0 aromatic carbocycles. The third-order valence-corrected chi connectivity index (χ3v) is 2.60. The van der Waals surface area contributed by atoms with Gasteiger partial charge in [-0.3, -0.25) is 4.79 Å². The zero-order chi connectivity index (χ0) is 13.2. The Kier molecular flexibility index (Phi) is 3.89. The molecule has 0 saturated heterocycles. The minimum atomic E-state index is -1.17. The number of allylic oxidation sites excluding steroid dienone is 2. The number of aromatic nitrogens is 1. The van der Waals surface area contributed by atoms with Crippen LogP contribution >= 0.6 is 0 Å². The third-order valence-electron chi connectivity index (χ3n) is 2.60. The average molecular weight is 235 g/mol. The molecule has 0 bridgehead atoms. The summed E-state index contributed by atoms with van der Waals surface area (Å²) >= 11 is 0. The number of pyridine rings is 1. The molecule has 0 amide bonds. The van der Waals surface area contributed by atoms with Crippen LogP contribution in [0.15, 0.2) is 22.5 Å². The molecule has 4 nitrogen and oxygen atoms in total. The summed E-state index contributed by atoms with van der Waals surface area (Å²) in [4.78, 5) is 23.0. The molecule has 1 rings (SSSR count). The predicted molar refractivity (Wildman–Crippen MR) is 66.6 cm³/mol. The Morgan fingerprint density at radius 2 is 2.00 bits per heavy atom. The van der Waals surface area contributed by atoms with Crippen molar-refractivity contribution in [3.63, 3.8) is 0 Å². The van der Waals surface area contributed by atoms with Gasteiger partial charge in [-0.25, -0.2) is 4.79 Å². The van der Waals surface area contributed by atoms with E-state index in [1.165, 1.54) is 4.57 Å². The van der Waals surface area contributed by atoms with E-state index in [1.807, 2.05) is 19.9 Å². The molecule has 0 radical (unpaired) electrons. The van der Waals surface area contributed by atoms with Crippen molar-refractivity contribution in [1.82, 2.24) is 4.57 Å². The number of carbonyl (C=O) groups is 1. The number of nitrogens with zero attached hydrogens (tertiary/aromatic N) is 1. The van der Waals surface area contributed by atoms with Crippen molar-refractivity contribution in [1.29, 1.82) is 0 Å². The monoisotopic (exact) mass is 235 g/mol. The minimum Gasteiger partial charge on any atom is -0.477 e. The second-order valence-corrected chi connectivity index (χ2v) is 4.35. The lowest BCUT2D eigenvalue weighted by Gasteiger charge is -2.11. The summed E-state index contributed by atoms with van der Waals surface area (Å²) in [6.07, 6.45) is 1.90. The highest BCUT2D eigenvalue weighted by Crippen LogP contribution is 2.07. The molecular formula is C13H17NO3. The Morgan fingerprint density at radius 3 is 2.47 bits per heavy atom. The predicted octanol–water partition coefficient (Wildman–Crippen LogP) is 2.13. The third kappa shape index (κ3) is 2.84. The fourth-order valence-corrected chi connectivity index (χ4v) is 1.69. The maximum Gasteiger partial charge on any atom is 0.341 e. The lowest BCUT2D eigenvalue weighted by atomic mass is 10.1. The van der Waals surface area contributed by atoms with Crippen molar-refractivity contribution in [2.45, 2.75) is 34.2 Å². The van der Waals surface area contributed by atoms with Gasteiger partial charge in [0.25, 0.3) is 5.56 Å². The Hall–Kier alpha value is -1.84. The largest absolute Gasteiger partial charge is 0.477 e. The highest BCUT2D eigenvalue weighted by molar-refractivity contribution is 5.88. The molecule has 1 heterocycles. The first-order valence-corrected chi connectivity index (χ1v) is 5.42. The topological polar surface area (TPSA) is 59.3 Å². The molecule has 4 heteroatoms. The van der Waals surface area contributed by atoms with Crippen LogP contribution in [0.3, 0.4) is 0 Å². The molecule has 1 aromatic heterocycles. The summed E-state index contributed by atoms with van der Waals surface area (Å²) in [6.45, 7) is 7.73. The first kappa shape index (κ1) is 13.2. The minimum absolute atomic E-state index is 0.141. The summed E-state index contributed by atoms with van der Waals surface area (Å²) in [6, 6.07) is 1.73. The Balaban J connectivity index is 3.41. The first-order chi connectivity index (χ1) is 7.84. The van der Waals surface area contributed by atoms with Crippen LogP contribution in [0.2, 0.25) is 0 Å². The molecule has 0 aliphatic carbocycles. The summed E-state index contributed by atoms with van der Waals surface area (Å²) < 4.78 is 1.48. The van der Waals surface area contributed by atoms with Gasteiger partial charge in [0.05, 0.1) is 0 Å². The molecule has 1 aromatic rings. The van der Waals surface area contributed by atoms with Crippen molar-refractivity contribution in [3.8, 4) is 0 Å². The van der Waals surface area contributed by atoms with Gasteiger partial charge >= 0.3 is 5.97 Å². The Morgan fingerprint density at radius 1 is 1.41 bits per heavy atom. The number of aryl methyl sites for hydroxylation is 2. The molecule has 0 aliphatic heterocycles. The summed E-state index contributed by atoms with van der Waals surface area (Å²) in [7, 11) is 0. The van der Waals surface area contributed by atoms with Gasteiger partial charge in [0.1, 0.15) is 5.56 Å². The number of rotatable bonds is 3. The van der Waals surface area contributed by atoms with E-state index in [2.05, 4.69) is 0 Å². The van der Waals surface area contributed by atoms with Gasteiger partial charge in [-0.1, -0.05) is 11.6 Å². The molecule has 0 aliphatic rings. The van der Waals surface area contributed by atoms with E-state index >= 15 is 0 Å². The van der Waals surface area contributed by atoms with Crippen molar-refractivity contribution in [3.05, 3.63) is 44.9 Å². The van der Waals surface area contributed by atoms with Crippen LogP contribution in [0.4, 0.5) is 0 Å². The molecule has 92 valence electrons. The molecule has 0 unspecified atom stereocenters. The maximum atomic E-state index is 12.0. The van der Waals surface area contributed by atoms with Gasteiger partial charge < -0.3 is 9.67 Å². The van der Waals surface area contributed by atoms with Gasteiger partial charge in [-0.05, 0) is 39.3 Å². The van der Waals surface area contributed by atoms with Crippen LogP contribution in [0.1, 0.15) is 35.5 Å². The number of hydrogen-bond donors (Lipinski definition) is 1. The lowest BCUT2D eigenvalue weighted by Crippen LogP contribution is -2.29.